The van der Waals surface area contributed by atoms with E-state index in [1.54, 1.807) is 36.4 Å². The number of amidine groups is 1. The molecular formula is C29H34N4O3S. The monoisotopic (exact) mass is 518 g/mol. The number of nitrogens with one attached hydrogen (secondary N) is 2. The highest BCUT2D eigenvalue weighted by Gasteiger charge is 2.22. The second-order valence-corrected chi connectivity index (χ2v) is 11.8. The lowest BCUT2D eigenvalue weighted by Crippen LogP contribution is -2.38. The van der Waals surface area contributed by atoms with E-state index in [4.69, 9.17) is 11.1 Å². The Morgan fingerprint density at radius 1 is 1.00 bits per heavy atom. The number of sulfone groups is 1. The Kier molecular flexibility index (Phi) is 8.28. The minimum Gasteiger partial charge on any atom is -0.384 e. The molecular weight excluding hydrogens is 484 g/mol. The summed E-state index contributed by atoms with van der Waals surface area (Å²) in [7, 11) is -3.37. The lowest BCUT2D eigenvalue weighted by atomic mass is 9.89. The van der Waals surface area contributed by atoms with E-state index in [-0.39, 0.29) is 16.8 Å². The van der Waals surface area contributed by atoms with Crippen LogP contribution in [0.2, 0.25) is 0 Å². The van der Waals surface area contributed by atoms with Gasteiger partial charge in [0.25, 0.3) is 0 Å². The Hall–Kier alpha value is -3.65. The summed E-state index contributed by atoms with van der Waals surface area (Å²) in [6.07, 6.45) is 7.07. The maximum atomic E-state index is 13.4. The molecule has 0 unspecified atom stereocenters. The lowest BCUT2D eigenvalue weighted by Gasteiger charge is -2.30. The van der Waals surface area contributed by atoms with Crippen molar-refractivity contribution < 1.29 is 13.2 Å². The van der Waals surface area contributed by atoms with Crippen molar-refractivity contribution in [1.82, 2.24) is 4.90 Å². The topological polar surface area (TPSA) is 116 Å². The first-order valence-electron chi connectivity index (χ1n) is 12.6. The first-order valence-corrected chi connectivity index (χ1v) is 14.5. The number of urea groups is 1. The van der Waals surface area contributed by atoms with Crippen LogP contribution in [0, 0.1) is 11.3 Å². The fourth-order valence-electron chi connectivity index (χ4n) is 4.92. The minimum absolute atomic E-state index is 0.00247. The van der Waals surface area contributed by atoms with Crippen LogP contribution in [0.4, 0.5) is 10.5 Å². The van der Waals surface area contributed by atoms with E-state index in [2.05, 4.69) is 5.32 Å². The number of benzene rings is 3. The highest BCUT2D eigenvalue weighted by molar-refractivity contribution is 7.90. The summed E-state index contributed by atoms with van der Waals surface area (Å²) in [5.74, 6) is 0.466. The van der Waals surface area contributed by atoms with E-state index >= 15 is 0 Å². The summed E-state index contributed by atoms with van der Waals surface area (Å²) >= 11 is 0. The summed E-state index contributed by atoms with van der Waals surface area (Å²) in [5.41, 5.74) is 9.26. The summed E-state index contributed by atoms with van der Waals surface area (Å²) in [5, 5.41) is 10.7. The Labute approximate surface area is 219 Å². The van der Waals surface area contributed by atoms with Gasteiger partial charge in [-0.3, -0.25) is 5.41 Å². The average Bonchev–Trinajstić information content (AvgIpc) is 2.89. The van der Waals surface area contributed by atoms with Gasteiger partial charge in [-0.15, -0.1) is 0 Å². The molecule has 37 heavy (non-hydrogen) atoms. The van der Waals surface area contributed by atoms with Crippen LogP contribution in [0.25, 0.3) is 11.1 Å². The van der Waals surface area contributed by atoms with E-state index in [1.165, 1.54) is 25.5 Å². The van der Waals surface area contributed by atoms with Crippen molar-refractivity contribution in [2.45, 2.75) is 43.5 Å². The fraction of sp³-hybridized carbons (Fsp3) is 0.310. The number of hydrogen-bond acceptors (Lipinski definition) is 4. The predicted molar refractivity (Wildman–Crippen MR) is 148 cm³/mol. The molecule has 4 N–H and O–H groups in total. The Balaban J connectivity index is 1.53. The lowest BCUT2D eigenvalue weighted by molar-refractivity contribution is 0.187. The first-order chi connectivity index (χ1) is 17.7. The molecule has 4 rings (SSSR count). The fourth-order valence-corrected chi connectivity index (χ4v) is 5.83. The average molecular weight is 519 g/mol. The molecule has 0 saturated heterocycles. The normalized spacial score (nSPS) is 14.2. The maximum absolute atomic E-state index is 13.4. The zero-order chi connectivity index (χ0) is 26.4. The van der Waals surface area contributed by atoms with Crippen molar-refractivity contribution in [3.8, 4) is 11.1 Å². The van der Waals surface area contributed by atoms with Gasteiger partial charge in [-0.05, 0) is 54.2 Å². The number of carbonyl (C=O) groups excluding carboxylic acids is 1. The van der Waals surface area contributed by atoms with Crippen molar-refractivity contribution in [1.29, 1.82) is 5.41 Å². The molecule has 7 nitrogen and oxygen atoms in total. The van der Waals surface area contributed by atoms with E-state index in [0.29, 0.717) is 35.8 Å². The Bertz CT molecular complexity index is 1360. The van der Waals surface area contributed by atoms with E-state index in [9.17, 15) is 13.2 Å². The van der Waals surface area contributed by atoms with Gasteiger partial charge in [-0.25, -0.2) is 13.2 Å². The van der Waals surface area contributed by atoms with Crippen LogP contribution in [0.1, 0.15) is 43.2 Å². The molecule has 0 aliphatic heterocycles. The third kappa shape index (κ3) is 6.98. The first kappa shape index (κ1) is 26.4. The molecule has 1 saturated carbocycles. The van der Waals surface area contributed by atoms with Gasteiger partial charge in [0, 0.05) is 36.2 Å². The predicted octanol–water partition coefficient (Wildman–Crippen LogP) is 5.66. The van der Waals surface area contributed by atoms with Gasteiger partial charge in [-0.1, -0.05) is 67.8 Å². The Morgan fingerprint density at radius 2 is 1.70 bits per heavy atom. The number of anilines is 1. The molecule has 194 valence electrons. The third-order valence-electron chi connectivity index (χ3n) is 6.84. The molecule has 2 amide bonds. The van der Waals surface area contributed by atoms with Crippen LogP contribution in [0.5, 0.6) is 0 Å². The van der Waals surface area contributed by atoms with Crippen molar-refractivity contribution in [2.75, 3.05) is 18.1 Å². The molecule has 0 radical (unpaired) electrons. The van der Waals surface area contributed by atoms with E-state index < -0.39 is 9.84 Å². The van der Waals surface area contributed by atoms with Crippen LogP contribution >= 0.6 is 0 Å². The molecule has 3 aromatic rings. The molecule has 0 spiro atoms. The van der Waals surface area contributed by atoms with Crippen LogP contribution in [-0.4, -0.2) is 38.0 Å². The molecule has 1 aliphatic rings. The second kappa shape index (κ2) is 11.6. The van der Waals surface area contributed by atoms with Crippen LogP contribution in [0.3, 0.4) is 0 Å². The Morgan fingerprint density at radius 3 is 2.38 bits per heavy atom. The molecule has 0 bridgehead atoms. The van der Waals surface area contributed by atoms with Gasteiger partial charge >= 0.3 is 6.03 Å². The van der Waals surface area contributed by atoms with Crippen molar-refractivity contribution >= 4 is 27.4 Å². The van der Waals surface area contributed by atoms with Gasteiger partial charge in [0.05, 0.1) is 4.90 Å². The van der Waals surface area contributed by atoms with Gasteiger partial charge in [0.2, 0.25) is 0 Å². The van der Waals surface area contributed by atoms with Crippen molar-refractivity contribution in [3.63, 3.8) is 0 Å². The maximum Gasteiger partial charge on any atom is 0.322 e. The molecule has 8 heteroatoms. The highest BCUT2D eigenvalue weighted by atomic mass is 32.2. The number of hydrogen-bond donors (Lipinski definition) is 3. The second-order valence-electron chi connectivity index (χ2n) is 9.77. The molecule has 1 aliphatic carbocycles. The SMILES string of the molecule is CS(=O)(=O)c1ccccc1-c1ccc(NC(=O)N(Cc2cccc(C(=N)N)c2)CC2CCCCC2)cc1. The summed E-state index contributed by atoms with van der Waals surface area (Å²) in [6, 6.07) is 21.4. The molecule has 0 heterocycles. The van der Waals surface area contributed by atoms with Gasteiger partial charge in [-0.2, -0.15) is 0 Å². The quantitative estimate of drug-likeness (QED) is 0.264. The molecule has 1 fully saturated rings. The molecule has 3 aromatic carbocycles. The molecule has 0 aromatic heterocycles. The van der Waals surface area contributed by atoms with Gasteiger partial charge in [0.1, 0.15) is 5.84 Å². The largest absolute Gasteiger partial charge is 0.384 e. The number of nitrogens with two attached hydrogens (primary N) is 1. The standard InChI is InChI=1S/C29H34N4O3S/c1-37(35,36)27-13-6-5-12-26(27)23-14-16-25(17-15-23)32-29(34)33(19-21-8-3-2-4-9-21)20-22-10-7-11-24(18-22)28(30)31/h5-7,10-18,21H,2-4,8-9,19-20H2,1H3,(H3,30,31)(H,32,34). The number of carbonyl (C=O) groups is 1. The van der Waals surface area contributed by atoms with Crippen LogP contribution in [0.15, 0.2) is 77.7 Å². The summed E-state index contributed by atoms with van der Waals surface area (Å²) in [4.78, 5) is 15.5. The third-order valence-corrected chi connectivity index (χ3v) is 7.99. The van der Waals surface area contributed by atoms with Crippen molar-refractivity contribution in [3.05, 3.63) is 83.9 Å². The number of nitrogens with zero attached hydrogens (tertiary/aromatic N) is 1. The number of rotatable bonds is 8. The highest BCUT2D eigenvalue weighted by Crippen LogP contribution is 2.29. The summed E-state index contributed by atoms with van der Waals surface area (Å²) < 4.78 is 24.4. The molecule has 0 atom stereocenters. The van der Waals surface area contributed by atoms with Crippen LogP contribution < -0.4 is 11.1 Å². The zero-order valence-electron chi connectivity index (χ0n) is 21.1. The minimum atomic E-state index is -3.37. The van der Waals surface area contributed by atoms with Crippen molar-refractivity contribution in [2.24, 2.45) is 11.7 Å². The van der Waals surface area contributed by atoms with Crippen LogP contribution in [-0.2, 0) is 16.4 Å². The number of nitrogen functional groups attached to an aromatic ring is 1. The van der Waals surface area contributed by atoms with Gasteiger partial charge in [0.15, 0.2) is 9.84 Å². The number of amides is 2. The van der Waals surface area contributed by atoms with Gasteiger partial charge < -0.3 is 16.0 Å². The smallest absolute Gasteiger partial charge is 0.322 e. The zero-order valence-corrected chi connectivity index (χ0v) is 21.9. The van der Waals surface area contributed by atoms with E-state index in [0.717, 1.165) is 24.0 Å². The summed E-state index contributed by atoms with van der Waals surface area (Å²) in [6.45, 7) is 1.08. The van der Waals surface area contributed by atoms with E-state index in [1.807, 2.05) is 41.3 Å².